The Morgan fingerprint density at radius 2 is 2.12 bits per heavy atom. The van der Waals surface area contributed by atoms with Gasteiger partial charge in [0.05, 0.1) is 23.4 Å². The van der Waals surface area contributed by atoms with Crippen LogP contribution in [-0.2, 0) is 6.42 Å². The molecule has 3 aromatic heterocycles. The van der Waals surface area contributed by atoms with E-state index in [0.29, 0.717) is 17.2 Å². The number of nitrogens with one attached hydrogen (secondary N) is 1. The van der Waals surface area contributed by atoms with E-state index in [0.717, 1.165) is 24.1 Å². The molecule has 0 fully saturated rings. The monoisotopic (exact) mass is 366 g/mol. The molecule has 3 heterocycles. The first-order chi connectivity index (χ1) is 12.5. The van der Waals surface area contributed by atoms with E-state index in [2.05, 4.69) is 39.1 Å². The van der Waals surface area contributed by atoms with Gasteiger partial charge in [-0.15, -0.1) is 11.3 Å². The summed E-state index contributed by atoms with van der Waals surface area (Å²) in [6.07, 6.45) is 8.34. The van der Waals surface area contributed by atoms with E-state index in [1.807, 2.05) is 0 Å². The highest BCUT2D eigenvalue weighted by Gasteiger charge is 2.35. The van der Waals surface area contributed by atoms with Crippen LogP contribution in [0.2, 0.25) is 0 Å². The lowest BCUT2D eigenvalue weighted by Gasteiger charge is -2.36. The van der Waals surface area contributed by atoms with Crippen molar-refractivity contribution in [1.29, 1.82) is 0 Å². The number of carbonyl (C=O) groups excluding carboxylic acids is 1. The van der Waals surface area contributed by atoms with E-state index in [1.54, 1.807) is 35.7 Å². The predicted octanol–water partition coefficient (Wildman–Crippen LogP) is 2.83. The zero-order valence-electron chi connectivity index (χ0n) is 14.5. The van der Waals surface area contributed by atoms with Crippen LogP contribution in [0.1, 0.15) is 48.1 Å². The highest BCUT2D eigenvalue weighted by atomic mass is 32.1. The topological polar surface area (TPSA) is 93.5 Å². The number of aromatic nitrogens is 5. The summed E-state index contributed by atoms with van der Waals surface area (Å²) in [5.74, 6) is 0.386. The number of carbonyl (C=O) groups is 1. The Balaban J connectivity index is 1.67. The first-order valence-electron chi connectivity index (χ1n) is 8.33. The highest BCUT2D eigenvalue weighted by Crippen LogP contribution is 2.40. The van der Waals surface area contributed by atoms with Gasteiger partial charge in [-0.25, -0.2) is 19.9 Å². The standard InChI is InChI=1S/C18H18N6OS/c1-18(2)5-12-11(7-21-16(23-12)14-8-19-3-4-20-14)13(6-18)24-17(25)15-9-26-10-22-15/h3-4,7-10,13H,5-6H2,1-2H3,(H,24,25). The van der Waals surface area contributed by atoms with Crippen LogP contribution < -0.4 is 5.32 Å². The predicted molar refractivity (Wildman–Crippen MR) is 97.5 cm³/mol. The minimum absolute atomic E-state index is 0.0149. The van der Waals surface area contributed by atoms with Crippen molar-refractivity contribution in [2.24, 2.45) is 5.41 Å². The van der Waals surface area contributed by atoms with Crippen LogP contribution >= 0.6 is 11.3 Å². The van der Waals surface area contributed by atoms with Crippen LogP contribution in [0.5, 0.6) is 0 Å². The molecule has 0 saturated carbocycles. The van der Waals surface area contributed by atoms with Crippen molar-refractivity contribution in [1.82, 2.24) is 30.2 Å². The third-order valence-electron chi connectivity index (χ3n) is 4.44. The maximum atomic E-state index is 12.5. The molecule has 1 aliphatic carbocycles. The van der Waals surface area contributed by atoms with Crippen molar-refractivity contribution in [2.75, 3.05) is 0 Å². The van der Waals surface area contributed by atoms with Crippen molar-refractivity contribution < 1.29 is 4.79 Å². The van der Waals surface area contributed by atoms with E-state index in [4.69, 9.17) is 4.98 Å². The minimum atomic E-state index is -0.169. The van der Waals surface area contributed by atoms with Crippen molar-refractivity contribution in [2.45, 2.75) is 32.7 Å². The van der Waals surface area contributed by atoms with Gasteiger partial charge in [0.2, 0.25) is 0 Å². The summed E-state index contributed by atoms with van der Waals surface area (Å²) in [5, 5.41) is 4.84. The molecule has 0 radical (unpaired) electrons. The number of hydrogen-bond donors (Lipinski definition) is 1. The molecule has 1 aliphatic rings. The van der Waals surface area contributed by atoms with E-state index in [-0.39, 0.29) is 17.4 Å². The summed E-state index contributed by atoms with van der Waals surface area (Å²) in [6, 6.07) is -0.140. The van der Waals surface area contributed by atoms with Gasteiger partial charge in [0.15, 0.2) is 5.82 Å². The lowest BCUT2D eigenvalue weighted by molar-refractivity contribution is 0.0914. The summed E-state index contributed by atoms with van der Waals surface area (Å²) in [4.78, 5) is 34.1. The molecule has 7 nitrogen and oxygen atoms in total. The molecule has 1 atom stereocenters. The second-order valence-electron chi connectivity index (χ2n) is 7.13. The fraction of sp³-hybridized carbons (Fsp3) is 0.333. The number of thiazole rings is 1. The van der Waals surface area contributed by atoms with Crippen LogP contribution in [0, 0.1) is 5.41 Å². The molecule has 0 bridgehead atoms. The summed E-state index contributed by atoms with van der Waals surface area (Å²) >= 11 is 1.41. The second-order valence-corrected chi connectivity index (χ2v) is 7.85. The van der Waals surface area contributed by atoms with Crippen LogP contribution in [-0.4, -0.2) is 30.8 Å². The summed E-state index contributed by atoms with van der Waals surface area (Å²) in [6.45, 7) is 4.37. The molecule has 1 unspecified atom stereocenters. The molecule has 0 aromatic carbocycles. The van der Waals surface area contributed by atoms with Gasteiger partial charge in [-0.3, -0.25) is 9.78 Å². The van der Waals surface area contributed by atoms with E-state index >= 15 is 0 Å². The van der Waals surface area contributed by atoms with Gasteiger partial charge in [-0.2, -0.15) is 0 Å². The largest absolute Gasteiger partial charge is 0.344 e. The number of amides is 1. The zero-order chi connectivity index (χ0) is 18.1. The average Bonchev–Trinajstić information content (AvgIpc) is 3.16. The van der Waals surface area contributed by atoms with Gasteiger partial charge in [0.1, 0.15) is 11.4 Å². The summed E-state index contributed by atoms with van der Waals surface area (Å²) in [5.41, 5.74) is 4.66. The Morgan fingerprint density at radius 3 is 2.85 bits per heavy atom. The second kappa shape index (κ2) is 6.53. The Kier molecular flexibility index (Phi) is 4.20. The molecule has 26 heavy (non-hydrogen) atoms. The molecule has 1 amide bonds. The normalized spacial score (nSPS) is 18.2. The van der Waals surface area contributed by atoms with Gasteiger partial charge in [0, 0.05) is 29.5 Å². The smallest absolute Gasteiger partial charge is 0.271 e. The van der Waals surface area contributed by atoms with Crippen molar-refractivity contribution in [3.05, 3.63) is 52.6 Å². The van der Waals surface area contributed by atoms with Gasteiger partial charge < -0.3 is 5.32 Å². The maximum Gasteiger partial charge on any atom is 0.271 e. The third-order valence-corrected chi connectivity index (χ3v) is 5.03. The Hall–Kier alpha value is -2.74. The quantitative estimate of drug-likeness (QED) is 0.766. The molecular weight excluding hydrogens is 348 g/mol. The number of hydrogen-bond acceptors (Lipinski definition) is 7. The number of fused-ring (bicyclic) bond motifs is 1. The first-order valence-corrected chi connectivity index (χ1v) is 9.27. The number of nitrogens with zero attached hydrogens (tertiary/aromatic N) is 5. The van der Waals surface area contributed by atoms with Crippen molar-refractivity contribution in [3.63, 3.8) is 0 Å². The SMILES string of the molecule is CC1(C)Cc2nc(-c3cnccn3)ncc2C(NC(=O)c2cscn2)C1. The molecule has 3 aromatic rings. The molecule has 0 saturated heterocycles. The average molecular weight is 366 g/mol. The maximum absolute atomic E-state index is 12.5. The van der Waals surface area contributed by atoms with Crippen LogP contribution in [0.4, 0.5) is 0 Å². The molecule has 0 spiro atoms. The molecule has 1 N–H and O–H groups in total. The van der Waals surface area contributed by atoms with Crippen LogP contribution in [0.3, 0.4) is 0 Å². The first kappa shape index (κ1) is 16.7. The molecule has 0 aliphatic heterocycles. The molecule has 132 valence electrons. The highest BCUT2D eigenvalue weighted by molar-refractivity contribution is 7.07. The van der Waals surface area contributed by atoms with Crippen molar-refractivity contribution in [3.8, 4) is 11.5 Å². The zero-order valence-corrected chi connectivity index (χ0v) is 15.3. The number of rotatable bonds is 3. The van der Waals surface area contributed by atoms with Gasteiger partial charge >= 0.3 is 0 Å². The van der Waals surface area contributed by atoms with Crippen LogP contribution in [0.25, 0.3) is 11.5 Å². The lowest BCUT2D eigenvalue weighted by Crippen LogP contribution is -2.37. The van der Waals surface area contributed by atoms with E-state index in [1.165, 1.54) is 11.3 Å². The molecule has 4 rings (SSSR count). The Labute approximate surface area is 155 Å². The fourth-order valence-corrected chi connectivity index (χ4v) is 3.80. The lowest BCUT2D eigenvalue weighted by atomic mass is 9.74. The van der Waals surface area contributed by atoms with Gasteiger partial charge in [0.25, 0.3) is 5.91 Å². The molecular formula is C18H18N6OS. The fourth-order valence-electron chi connectivity index (χ4n) is 3.27. The van der Waals surface area contributed by atoms with Gasteiger partial charge in [-0.05, 0) is 18.3 Å². The third kappa shape index (κ3) is 3.32. The van der Waals surface area contributed by atoms with Crippen molar-refractivity contribution >= 4 is 17.2 Å². The van der Waals surface area contributed by atoms with E-state index < -0.39 is 0 Å². The van der Waals surface area contributed by atoms with Gasteiger partial charge in [-0.1, -0.05) is 13.8 Å². The van der Waals surface area contributed by atoms with E-state index in [9.17, 15) is 4.79 Å². The summed E-state index contributed by atoms with van der Waals surface area (Å²) < 4.78 is 0. The Bertz CT molecular complexity index is 926. The Morgan fingerprint density at radius 1 is 1.23 bits per heavy atom. The minimum Gasteiger partial charge on any atom is -0.344 e. The summed E-state index contributed by atoms with van der Waals surface area (Å²) in [7, 11) is 0. The van der Waals surface area contributed by atoms with Crippen LogP contribution in [0.15, 0.2) is 35.7 Å². The molecule has 8 heteroatoms.